The van der Waals surface area contributed by atoms with Crippen molar-refractivity contribution in [3.63, 3.8) is 0 Å². The zero-order valence-electron chi connectivity index (χ0n) is 17.3. The predicted molar refractivity (Wildman–Crippen MR) is 119 cm³/mol. The summed E-state index contributed by atoms with van der Waals surface area (Å²) >= 11 is 2.85. The van der Waals surface area contributed by atoms with E-state index in [0.29, 0.717) is 28.0 Å². The van der Waals surface area contributed by atoms with Crippen LogP contribution in [0.5, 0.6) is 0 Å². The van der Waals surface area contributed by atoms with Crippen LogP contribution < -0.4 is 5.32 Å². The van der Waals surface area contributed by atoms with E-state index < -0.39 is 11.6 Å². The molecule has 0 unspecified atom stereocenters. The van der Waals surface area contributed by atoms with Crippen LogP contribution in [-0.2, 0) is 19.9 Å². The molecule has 3 aliphatic rings. The largest absolute Gasteiger partial charge is 0.453 e. The summed E-state index contributed by atoms with van der Waals surface area (Å²) in [6.07, 6.45) is 2.83. The van der Waals surface area contributed by atoms with Crippen LogP contribution in [0.15, 0.2) is 50.5 Å². The van der Waals surface area contributed by atoms with Crippen LogP contribution in [0.1, 0.15) is 24.0 Å². The number of hydrogen-bond donors (Lipinski definition) is 2. The molecule has 0 radical (unpaired) electrons. The van der Waals surface area contributed by atoms with Gasteiger partial charge in [0.2, 0.25) is 5.60 Å². The maximum atomic E-state index is 13.4. The summed E-state index contributed by atoms with van der Waals surface area (Å²) in [7, 11) is 0. The molecule has 0 saturated carbocycles. The lowest BCUT2D eigenvalue weighted by Crippen LogP contribution is -2.66. The fraction of sp³-hybridized carbons (Fsp3) is 0.409. The molecule has 0 spiro atoms. The van der Waals surface area contributed by atoms with Gasteiger partial charge in [0.25, 0.3) is 5.91 Å². The summed E-state index contributed by atoms with van der Waals surface area (Å²) in [4.78, 5) is 26.0. The maximum absolute atomic E-state index is 13.4. The van der Waals surface area contributed by atoms with Gasteiger partial charge < -0.3 is 24.2 Å². The fourth-order valence-electron chi connectivity index (χ4n) is 4.91. The van der Waals surface area contributed by atoms with Crippen LogP contribution >= 0.6 is 22.7 Å². The number of nitrogens with one attached hydrogen (secondary N) is 1. The first-order valence-electron chi connectivity index (χ1n) is 10.5. The molecule has 168 valence electrons. The minimum absolute atomic E-state index is 0.141. The van der Waals surface area contributed by atoms with Crippen LogP contribution in [0.2, 0.25) is 0 Å². The summed E-state index contributed by atoms with van der Waals surface area (Å²) in [5.41, 5.74) is -0.799. The average Bonchev–Trinajstić information content (AvgIpc) is 3.57. The fourth-order valence-corrected chi connectivity index (χ4v) is 6.31. The number of thiophene rings is 2. The Labute approximate surface area is 193 Å². The van der Waals surface area contributed by atoms with E-state index in [1.165, 1.54) is 28.9 Å². The lowest BCUT2D eigenvalue weighted by atomic mass is 9.82. The number of ether oxygens (including phenoxy) is 1. The lowest BCUT2D eigenvalue weighted by molar-refractivity contribution is -0.939. The molecule has 10 heteroatoms. The molecule has 32 heavy (non-hydrogen) atoms. The standard InChI is InChI=1S/C22H23N3O5S2/c26-20(23-19-3-8-29-24-19)12-25-6-1-15(2-7-25)18(11-25)30-21(27)22(28,16-4-9-31-13-16)17-5-10-32-14-17/h3-5,8-10,13-15,18,28H,1-2,6-7,11-12H2/p+1/t15?,18-,25?/m0/s1. The Bertz CT molecular complexity index is 1020. The second-order valence-electron chi connectivity index (χ2n) is 8.58. The molecule has 3 fully saturated rings. The first-order valence-corrected chi connectivity index (χ1v) is 12.4. The number of anilines is 1. The second kappa shape index (κ2) is 8.43. The Kier molecular flexibility index (Phi) is 5.62. The molecule has 8 nitrogen and oxygen atoms in total. The second-order valence-corrected chi connectivity index (χ2v) is 10.1. The summed E-state index contributed by atoms with van der Waals surface area (Å²) < 4.78 is 11.3. The van der Waals surface area contributed by atoms with Crippen LogP contribution in [0.3, 0.4) is 0 Å². The van der Waals surface area contributed by atoms with Gasteiger partial charge in [-0.3, -0.25) is 4.79 Å². The van der Waals surface area contributed by atoms with Gasteiger partial charge in [0, 0.05) is 36.0 Å². The molecule has 2 N–H and O–H groups in total. The third-order valence-electron chi connectivity index (χ3n) is 6.66. The van der Waals surface area contributed by atoms with Crippen molar-refractivity contribution in [3.8, 4) is 0 Å². The molecular formula is C22H24N3O5S2+. The quantitative estimate of drug-likeness (QED) is 0.403. The van der Waals surface area contributed by atoms with E-state index in [0.717, 1.165) is 25.9 Å². The number of amides is 1. The monoisotopic (exact) mass is 474 g/mol. The molecule has 3 aromatic heterocycles. The maximum Gasteiger partial charge on any atom is 0.348 e. The van der Waals surface area contributed by atoms with E-state index in [9.17, 15) is 14.7 Å². The Hall–Kier alpha value is -2.53. The Morgan fingerprint density at radius 2 is 1.88 bits per heavy atom. The molecule has 3 aromatic rings. The third kappa shape index (κ3) is 3.88. The van der Waals surface area contributed by atoms with Gasteiger partial charge in [-0.2, -0.15) is 22.7 Å². The summed E-state index contributed by atoms with van der Waals surface area (Å²) in [5, 5.41) is 25.2. The van der Waals surface area contributed by atoms with E-state index in [4.69, 9.17) is 9.26 Å². The number of esters is 1. The van der Waals surface area contributed by atoms with Gasteiger partial charge in [0.05, 0.1) is 13.1 Å². The normalized spacial score (nSPS) is 24.9. The minimum atomic E-state index is -1.83. The highest BCUT2D eigenvalue weighted by Gasteiger charge is 2.51. The van der Waals surface area contributed by atoms with Gasteiger partial charge in [-0.05, 0) is 33.7 Å². The van der Waals surface area contributed by atoms with Crippen molar-refractivity contribution in [2.45, 2.75) is 24.5 Å². The van der Waals surface area contributed by atoms with E-state index in [2.05, 4.69) is 10.5 Å². The van der Waals surface area contributed by atoms with E-state index in [1.54, 1.807) is 29.0 Å². The molecule has 2 bridgehead atoms. The number of piperidine rings is 3. The molecule has 0 aromatic carbocycles. The van der Waals surface area contributed by atoms with Crippen LogP contribution in [0.25, 0.3) is 0 Å². The number of aliphatic hydroxyl groups is 1. The first-order chi connectivity index (χ1) is 15.5. The number of nitrogens with zero attached hydrogens (tertiary/aromatic N) is 2. The number of carbonyl (C=O) groups is 2. The molecule has 0 aliphatic carbocycles. The molecule has 6 rings (SSSR count). The molecular weight excluding hydrogens is 450 g/mol. The highest BCUT2D eigenvalue weighted by Crippen LogP contribution is 2.39. The molecule has 1 amide bonds. The smallest absolute Gasteiger partial charge is 0.348 e. The highest BCUT2D eigenvalue weighted by molar-refractivity contribution is 7.08. The third-order valence-corrected chi connectivity index (χ3v) is 8.02. The molecule has 6 heterocycles. The van der Waals surface area contributed by atoms with Gasteiger partial charge in [-0.15, -0.1) is 0 Å². The summed E-state index contributed by atoms with van der Waals surface area (Å²) in [5.74, 6) is -0.165. The topological polar surface area (TPSA) is 102 Å². The zero-order chi connectivity index (χ0) is 22.2. The number of carbonyl (C=O) groups excluding carboxylic acids is 2. The van der Waals surface area contributed by atoms with Crippen molar-refractivity contribution in [1.82, 2.24) is 5.16 Å². The number of aromatic nitrogens is 1. The lowest BCUT2D eigenvalue weighted by Gasteiger charge is -2.51. The van der Waals surface area contributed by atoms with Gasteiger partial charge >= 0.3 is 5.97 Å². The van der Waals surface area contributed by atoms with E-state index in [-0.39, 0.29) is 24.5 Å². The Balaban J connectivity index is 1.32. The highest BCUT2D eigenvalue weighted by atomic mass is 32.1. The number of hydrogen-bond acceptors (Lipinski definition) is 8. The minimum Gasteiger partial charge on any atom is -0.453 e. The van der Waals surface area contributed by atoms with E-state index >= 15 is 0 Å². The van der Waals surface area contributed by atoms with Crippen molar-refractivity contribution in [1.29, 1.82) is 0 Å². The Morgan fingerprint density at radius 1 is 1.19 bits per heavy atom. The molecule has 3 aliphatic heterocycles. The zero-order valence-corrected chi connectivity index (χ0v) is 18.9. The first kappa shape index (κ1) is 21.3. The van der Waals surface area contributed by atoms with Crippen LogP contribution in [-0.4, -0.2) is 58.9 Å². The van der Waals surface area contributed by atoms with Gasteiger partial charge in [0.15, 0.2) is 18.5 Å². The van der Waals surface area contributed by atoms with Crippen molar-refractivity contribution in [2.75, 3.05) is 31.5 Å². The van der Waals surface area contributed by atoms with Crippen LogP contribution in [0.4, 0.5) is 5.82 Å². The number of fused-ring (bicyclic) bond motifs is 3. The van der Waals surface area contributed by atoms with Gasteiger partial charge in [-0.25, -0.2) is 4.79 Å². The van der Waals surface area contributed by atoms with Crippen LogP contribution in [0, 0.1) is 5.92 Å². The number of rotatable bonds is 7. The molecule has 1 atom stereocenters. The van der Waals surface area contributed by atoms with Crippen molar-refractivity contribution in [3.05, 3.63) is 57.1 Å². The van der Waals surface area contributed by atoms with Gasteiger partial charge in [-0.1, -0.05) is 5.16 Å². The van der Waals surface area contributed by atoms with Gasteiger partial charge in [0.1, 0.15) is 12.8 Å². The molecule has 3 saturated heterocycles. The summed E-state index contributed by atoms with van der Waals surface area (Å²) in [6.45, 7) is 2.58. The van der Waals surface area contributed by atoms with Crippen molar-refractivity contribution in [2.24, 2.45) is 5.92 Å². The van der Waals surface area contributed by atoms with E-state index in [1.807, 2.05) is 10.8 Å². The van der Waals surface area contributed by atoms with Crippen molar-refractivity contribution < 1.29 is 28.4 Å². The predicted octanol–water partition coefficient (Wildman–Crippen LogP) is 2.82. The Morgan fingerprint density at radius 3 is 2.44 bits per heavy atom. The SMILES string of the molecule is O=C(C[N+]12CCC(CC1)[C@@H](OC(=O)C(O)(c1ccsc1)c1ccsc1)C2)Nc1ccon1. The average molecular weight is 475 g/mol. The number of quaternary nitrogens is 1. The summed E-state index contributed by atoms with van der Waals surface area (Å²) in [6, 6.07) is 5.10. The van der Waals surface area contributed by atoms with Crippen molar-refractivity contribution >= 4 is 40.4 Å².